The molecule has 0 radical (unpaired) electrons. The maximum atomic E-state index is 14.1. The van der Waals surface area contributed by atoms with Gasteiger partial charge in [-0.3, -0.25) is 14.5 Å². The summed E-state index contributed by atoms with van der Waals surface area (Å²) in [4.78, 5) is 59.3. The number of rotatable bonds is 8. The van der Waals surface area contributed by atoms with Crippen LogP contribution in [0.25, 0.3) is 0 Å². The van der Waals surface area contributed by atoms with Crippen molar-refractivity contribution in [1.82, 2.24) is 24.9 Å². The predicted octanol–water partition coefficient (Wildman–Crippen LogP) is 4.96. The molecule has 0 aromatic heterocycles. The predicted molar refractivity (Wildman–Crippen MR) is 194 cm³/mol. The smallest absolute Gasteiger partial charge is 0.322 e. The average molecular weight is 804 g/mol. The molecule has 2 aromatic carbocycles. The van der Waals surface area contributed by atoms with Gasteiger partial charge >= 0.3 is 18.0 Å². The van der Waals surface area contributed by atoms with Crippen LogP contribution in [0.2, 0.25) is 0 Å². The molecule has 0 unspecified atom stereocenters. The summed E-state index contributed by atoms with van der Waals surface area (Å²) in [5.41, 5.74) is 9.49. The minimum atomic E-state index is -0.784. The van der Waals surface area contributed by atoms with Gasteiger partial charge in [0, 0.05) is 59.8 Å². The van der Waals surface area contributed by atoms with Crippen LogP contribution in [0.5, 0.6) is 0 Å². The van der Waals surface area contributed by atoms with Crippen molar-refractivity contribution in [2.75, 3.05) is 56.9 Å². The summed E-state index contributed by atoms with van der Waals surface area (Å²) in [6.45, 7) is 4.47. The van der Waals surface area contributed by atoms with Gasteiger partial charge in [0.25, 0.3) is 0 Å². The van der Waals surface area contributed by atoms with E-state index >= 15 is 0 Å². The van der Waals surface area contributed by atoms with Crippen molar-refractivity contribution >= 4 is 67.2 Å². The number of urea groups is 2. The molecule has 4 aliphatic rings. The Morgan fingerprint density at radius 1 is 0.898 bits per heavy atom. The number of hydrogen-bond donors (Lipinski definition) is 4. The number of carbonyl (C=O) groups is 4. The van der Waals surface area contributed by atoms with Gasteiger partial charge in [-0.15, -0.1) is 0 Å². The van der Waals surface area contributed by atoms with Crippen molar-refractivity contribution in [3.05, 3.63) is 56.5 Å². The minimum Gasteiger partial charge on any atom is -0.480 e. The lowest BCUT2D eigenvalue weighted by Crippen LogP contribution is -2.57. The van der Waals surface area contributed by atoms with Crippen LogP contribution in [-0.2, 0) is 22.6 Å². The molecule has 2 aromatic rings. The van der Waals surface area contributed by atoms with E-state index in [2.05, 4.69) is 42.5 Å². The van der Waals surface area contributed by atoms with Crippen molar-refractivity contribution in [2.24, 2.45) is 11.8 Å². The largest absolute Gasteiger partial charge is 0.480 e. The fourth-order valence-electron chi connectivity index (χ4n) is 7.91. The number of para-hydroxylation sites is 1. The van der Waals surface area contributed by atoms with Crippen molar-refractivity contribution in [3.63, 3.8) is 0 Å². The molecule has 5 N–H and O–H groups in total. The van der Waals surface area contributed by atoms with Gasteiger partial charge in [0.05, 0.1) is 12.2 Å². The van der Waals surface area contributed by atoms with Crippen LogP contribution in [0, 0.1) is 11.8 Å². The second-order valence-corrected chi connectivity index (χ2v) is 15.5. The van der Waals surface area contributed by atoms with E-state index in [-0.39, 0.29) is 30.6 Å². The second kappa shape index (κ2) is 15.7. The van der Waals surface area contributed by atoms with Gasteiger partial charge in [-0.05, 0) is 125 Å². The molecule has 0 spiro atoms. The Labute approximate surface area is 304 Å². The van der Waals surface area contributed by atoms with Crippen LogP contribution in [-0.4, -0.2) is 107 Å². The van der Waals surface area contributed by atoms with Gasteiger partial charge in [-0.2, -0.15) is 0 Å². The lowest BCUT2D eigenvalue weighted by atomic mass is 9.78. The molecular weight excluding hydrogens is 758 g/mol. The summed E-state index contributed by atoms with van der Waals surface area (Å²) in [7, 11) is 0. The molecule has 0 aliphatic carbocycles. The Kier molecular flexibility index (Phi) is 11.3. The van der Waals surface area contributed by atoms with Crippen molar-refractivity contribution in [3.8, 4) is 0 Å². The van der Waals surface area contributed by atoms with E-state index in [1.54, 1.807) is 4.90 Å². The maximum absolute atomic E-state index is 14.1. The first-order valence-electron chi connectivity index (χ1n) is 17.2. The zero-order valence-corrected chi connectivity index (χ0v) is 30.8. The highest BCUT2D eigenvalue weighted by atomic mass is 79.9. The minimum absolute atomic E-state index is 0.0185. The Balaban J connectivity index is 1.07. The van der Waals surface area contributed by atoms with E-state index < -0.39 is 12.0 Å². The number of benzene rings is 2. The number of anilines is 2. The van der Waals surface area contributed by atoms with Crippen molar-refractivity contribution in [2.45, 2.75) is 63.6 Å². The normalized spacial score (nSPS) is 20.4. The molecule has 1 atom stereocenters. The number of carboxylic acids is 1. The number of nitrogens with zero attached hydrogens (tertiary/aromatic N) is 4. The number of likely N-dealkylation sites (tertiary alicyclic amines) is 3. The molecule has 6 rings (SSSR count). The first-order chi connectivity index (χ1) is 23.5. The van der Waals surface area contributed by atoms with Gasteiger partial charge in [0.2, 0.25) is 5.91 Å². The number of amides is 5. The van der Waals surface area contributed by atoms with E-state index in [9.17, 15) is 19.2 Å². The maximum Gasteiger partial charge on any atom is 0.322 e. The molecular formula is C35H45Br2N7O5. The number of carbonyl (C=O) groups excluding carboxylic acids is 3. The quantitative estimate of drug-likeness (QED) is 0.276. The molecule has 3 saturated heterocycles. The topological polar surface area (TPSA) is 152 Å². The molecule has 0 bridgehead atoms. The molecule has 12 nitrogen and oxygen atoms in total. The van der Waals surface area contributed by atoms with Crippen LogP contribution >= 0.6 is 31.9 Å². The number of halogens is 2. The van der Waals surface area contributed by atoms with Crippen molar-refractivity contribution in [1.29, 1.82) is 0 Å². The van der Waals surface area contributed by atoms with Gasteiger partial charge in [-0.1, -0.05) is 18.2 Å². The molecule has 14 heteroatoms. The summed E-state index contributed by atoms with van der Waals surface area (Å²) < 4.78 is 1.44. The fourth-order valence-corrected chi connectivity index (χ4v) is 9.20. The van der Waals surface area contributed by atoms with Crippen LogP contribution in [0.15, 0.2) is 45.3 Å². The van der Waals surface area contributed by atoms with Crippen molar-refractivity contribution < 1.29 is 24.3 Å². The standard InChI is InChI=1S/C35H45Br2N7O5/c36-27-17-22(18-28(37)32(27)38)19-30(33(47)42-13-7-24(8-14-42)23-5-11-41(12-6-23)21-31(45)46)40-34(48)43-15-9-26(10-16-43)44-20-25-3-1-2-4-29(25)39-35(44)49/h1-4,17-18,23-24,26,30H,5-16,19-21,38H2,(H,39,49)(H,40,48)(H,45,46)/t30-/m1/s1. The molecule has 4 aliphatic heterocycles. The summed E-state index contributed by atoms with van der Waals surface area (Å²) >= 11 is 7.03. The number of nitrogens with two attached hydrogens (primary N) is 1. The summed E-state index contributed by atoms with van der Waals surface area (Å²) in [6, 6.07) is 10.5. The number of hydrogen-bond acceptors (Lipinski definition) is 6. The molecule has 264 valence electrons. The molecule has 3 fully saturated rings. The average Bonchev–Trinajstić information content (AvgIpc) is 3.10. The van der Waals surface area contributed by atoms with Crippen LogP contribution in [0.3, 0.4) is 0 Å². The van der Waals surface area contributed by atoms with Gasteiger partial charge in [0.1, 0.15) is 6.04 Å². The lowest BCUT2D eigenvalue weighted by Gasteiger charge is -2.41. The zero-order chi connectivity index (χ0) is 34.7. The van der Waals surface area contributed by atoms with Crippen LogP contribution in [0.1, 0.15) is 49.7 Å². The Morgan fingerprint density at radius 3 is 2.12 bits per heavy atom. The number of aliphatic carboxylic acids is 1. The summed E-state index contributed by atoms with van der Waals surface area (Å²) in [5, 5.41) is 15.2. The third-order valence-corrected chi connectivity index (χ3v) is 12.0. The first-order valence-corrected chi connectivity index (χ1v) is 18.8. The summed E-state index contributed by atoms with van der Waals surface area (Å²) in [5.74, 6) is 0.166. The second-order valence-electron chi connectivity index (χ2n) is 13.8. The third kappa shape index (κ3) is 8.51. The van der Waals surface area contributed by atoms with Gasteiger partial charge in [0.15, 0.2) is 0 Å². The number of nitrogen functional groups attached to an aromatic ring is 1. The SMILES string of the molecule is Nc1c(Br)cc(C[C@@H](NC(=O)N2CCC(N3Cc4ccccc4NC3=O)CC2)C(=O)N2CCC(C3CCN(CC(=O)O)CC3)CC2)cc1Br. The first kappa shape index (κ1) is 35.5. The Morgan fingerprint density at radius 2 is 1.49 bits per heavy atom. The summed E-state index contributed by atoms with van der Waals surface area (Å²) in [6.07, 6.45) is 5.39. The van der Waals surface area contributed by atoms with Crippen LogP contribution < -0.4 is 16.4 Å². The Bertz CT molecular complexity index is 1530. The number of fused-ring (bicyclic) bond motifs is 1. The van der Waals surface area contributed by atoms with E-state index in [0.29, 0.717) is 69.5 Å². The molecule has 0 saturated carbocycles. The monoisotopic (exact) mass is 801 g/mol. The number of piperidine rings is 3. The van der Waals surface area contributed by atoms with Gasteiger partial charge in [-0.25, -0.2) is 9.59 Å². The fraction of sp³-hybridized carbons (Fsp3) is 0.543. The zero-order valence-electron chi connectivity index (χ0n) is 27.6. The van der Waals surface area contributed by atoms with E-state index in [1.165, 1.54) is 0 Å². The van der Waals surface area contributed by atoms with E-state index in [4.69, 9.17) is 10.8 Å². The number of nitrogens with one attached hydrogen (secondary N) is 2. The highest BCUT2D eigenvalue weighted by Crippen LogP contribution is 2.34. The molecule has 49 heavy (non-hydrogen) atoms. The Hall–Kier alpha value is -3.36. The highest BCUT2D eigenvalue weighted by molar-refractivity contribution is 9.11. The van der Waals surface area contributed by atoms with E-state index in [1.807, 2.05) is 51.1 Å². The third-order valence-electron chi connectivity index (χ3n) is 10.7. The highest BCUT2D eigenvalue weighted by Gasteiger charge is 2.36. The number of carboxylic acid groups (broad SMARTS) is 1. The molecule has 4 heterocycles. The van der Waals surface area contributed by atoms with Gasteiger partial charge < -0.3 is 36.2 Å². The molecule has 5 amide bonds. The lowest BCUT2D eigenvalue weighted by molar-refractivity contribution is -0.138. The van der Waals surface area contributed by atoms with Crippen LogP contribution in [0.4, 0.5) is 21.0 Å². The van der Waals surface area contributed by atoms with E-state index in [0.717, 1.165) is 64.5 Å².